The molecule has 1 aliphatic carbocycles. The molecule has 29 heavy (non-hydrogen) atoms. The number of piperazine rings is 1. The normalized spacial score (nSPS) is 17.9. The Morgan fingerprint density at radius 1 is 0.897 bits per heavy atom. The molecule has 2 aliphatic rings. The van der Waals surface area contributed by atoms with Crippen LogP contribution in [0.1, 0.15) is 61.7 Å². The third-order valence-electron chi connectivity index (χ3n) is 6.25. The Labute approximate surface area is 174 Å². The van der Waals surface area contributed by atoms with Crippen LogP contribution in [-0.2, 0) is 4.79 Å². The fourth-order valence-electron chi connectivity index (χ4n) is 4.45. The fraction of sp³-hybridized carbons (Fsp3) is 0.652. The van der Waals surface area contributed by atoms with Crippen molar-refractivity contribution >= 4 is 11.8 Å². The molecular weight excluding hydrogens is 368 g/mol. The van der Waals surface area contributed by atoms with Crippen molar-refractivity contribution in [1.29, 1.82) is 0 Å². The van der Waals surface area contributed by atoms with Crippen LogP contribution in [0.15, 0.2) is 18.2 Å². The van der Waals surface area contributed by atoms with Gasteiger partial charge >= 0.3 is 0 Å². The van der Waals surface area contributed by atoms with E-state index in [1.54, 1.807) is 37.3 Å². The molecule has 6 heteroatoms. The van der Waals surface area contributed by atoms with E-state index in [1.807, 2.05) is 4.90 Å². The van der Waals surface area contributed by atoms with Gasteiger partial charge in [0, 0.05) is 44.2 Å². The third-order valence-corrected chi connectivity index (χ3v) is 6.25. The van der Waals surface area contributed by atoms with Crippen molar-refractivity contribution in [2.45, 2.75) is 51.4 Å². The van der Waals surface area contributed by atoms with Crippen molar-refractivity contribution in [3.8, 4) is 11.5 Å². The zero-order chi connectivity index (χ0) is 20.6. The van der Waals surface area contributed by atoms with Gasteiger partial charge < -0.3 is 19.3 Å². The van der Waals surface area contributed by atoms with E-state index in [1.165, 1.54) is 38.5 Å². The van der Waals surface area contributed by atoms with Crippen LogP contribution in [0.3, 0.4) is 0 Å². The minimum absolute atomic E-state index is 0.0494. The van der Waals surface area contributed by atoms with E-state index in [9.17, 15) is 9.59 Å². The van der Waals surface area contributed by atoms with E-state index in [-0.39, 0.29) is 11.8 Å². The molecule has 1 saturated carbocycles. The van der Waals surface area contributed by atoms with E-state index in [2.05, 4.69) is 0 Å². The summed E-state index contributed by atoms with van der Waals surface area (Å²) in [6, 6.07) is 5.21. The van der Waals surface area contributed by atoms with Gasteiger partial charge in [-0.05, 0) is 30.9 Å². The minimum Gasteiger partial charge on any atom is -0.497 e. The number of amides is 2. The van der Waals surface area contributed by atoms with Crippen molar-refractivity contribution in [2.75, 3.05) is 40.4 Å². The quantitative estimate of drug-likeness (QED) is 0.697. The molecule has 0 spiro atoms. The monoisotopic (exact) mass is 402 g/mol. The Morgan fingerprint density at radius 3 is 2.07 bits per heavy atom. The molecule has 1 saturated heterocycles. The number of carbonyl (C=O) groups is 2. The third kappa shape index (κ3) is 5.87. The molecular formula is C23H34N2O4. The Morgan fingerprint density at radius 2 is 1.48 bits per heavy atom. The Kier molecular flexibility index (Phi) is 7.78. The Balaban J connectivity index is 1.45. The summed E-state index contributed by atoms with van der Waals surface area (Å²) >= 11 is 0. The molecule has 0 bridgehead atoms. The van der Waals surface area contributed by atoms with Crippen LogP contribution < -0.4 is 9.47 Å². The maximum absolute atomic E-state index is 12.9. The number of ether oxygens (including phenoxy) is 2. The lowest BCUT2D eigenvalue weighted by molar-refractivity contribution is -0.132. The second kappa shape index (κ2) is 10.5. The molecule has 160 valence electrons. The van der Waals surface area contributed by atoms with Crippen LogP contribution >= 0.6 is 0 Å². The molecule has 2 fully saturated rings. The van der Waals surface area contributed by atoms with Gasteiger partial charge in [-0.1, -0.05) is 32.1 Å². The van der Waals surface area contributed by atoms with E-state index in [0.717, 1.165) is 12.3 Å². The van der Waals surface area contributed by atoms with Crippen LogP contribution in [0.25, 0.3) is 0 Å². The summed E-state index contributed by atoms with van der Waals surface area (Å²) in [4.78, 5) is 29.1. The smallest absolute Gasteiger partial charge is 0.254 e. The predicted octanol–water partition coefficient (Wildman–Crippen LogP) is 3.74. The zero-order valence-electron chi connectivity index (χ0n) is 17.8. The standard InChI is InChI=1S/C23H34N2O4/c1-28-20-15-19(16-21(17-20)29-2)23(27)25-13-11-24(12-14-25)22(26)10-6-9-18-7-4-3-5-8-18/h15-18H,3-14H2,1-2H3. The molecule has 1 aromatic carbocycles. The summed E-state index contributed by atoms with van der Waals surface area (Å²) in [5.41, 5.74) is 0.549. The first-order valence-corrected chi connectivity index (χ1v) is 10.9. The number of methoxy groups -OCH3 is 2. The van der Waals surface area contributed by atoms with Gasteiger partial charge in [-0.25, -0.2) is 0 Å². The van der Waals surface area contributed by atoms with E-state index < -0.39 is 0 Å². The number of benzene rings is 1. The first-order valence-electron chi connectivity index (χ1n) is 10.9. The van der Waals surface area contributed by atoms with Crippen molar-refractivity contribution < 1.29 is 19.1 Å². The van der Waals surface area contributed by atoms with E-state index >= 15 is 0 Å². The van der Waals surface area contributed by atoms with Gasteiger partial charge in [0.25, 0.3) is 5.91 Å². The highest BCUT2D eigenvalue weighted by atomic mass is 16.5. The highest BCUT2D eigenvalue weighted by Crippen LogP contribution is 2.28. The zero-order valence-corrected chi connectivity index (χ0v) is 17.8. The summed E-state index contributed by atoms with van der Waals surface area (Å²) in [6.45, 7) is 2.34. The van der Waals surface area contributed by atoms with Crippen molar-refractivity contribution in [3.05, 3.63) is 23.8 Å². The second-order valence-electron chi connectivity index (χ2n) is 8.17. The number of hydrogen-bond donors (Lipinski definition) is 0. The summed E-state index contributed by atoms with van der Waals surface area (Å²) < 4.78 is 10.5. The lowest BCUT2D eigenvalue weighted by Gasteiger charge is -2.35. The average molecular weight is 403 g/mol. The first-order chi connectivity index (χ1) is 14.1. The topological polar surface area (TPSA) is 59.1 Å². The van der Waals surface area contributed by atoms with E-state index in [4.69, 9.17) is 9.47 Å². The van der Waals surface area contributed by atoms with Crippen molar-refractivity contribution in [3.63, 3.8) is 0 Å². The molecule has 0 atom stereocenters. The van der Waals surface area contributed by atoms with Crippen molar-refractivity contribution in [1.82, 2.24) is 9.80 Å². The molecule has 0 radical (unpaired) electrons. The van der Waals surface area contributed by atoms with Gasteiger partial charge in [0.15, 0.2) is 0 Å². The molecule has 2 amide bonds. The lowest BCUT2D eigenvalue weighted by atomic mass is 9.86. The summed E-state index contributed by atoms with van der Waals surface area (Å²) in [7, 11) is 3.14. The van der Waals surface area contributed by atoms with E-state index in [0.29, 0.717) is 49.7 Å². The van der Waals surface area contributed by atoms with Crippen LogP contribution in [0.5, 0.6) is 11.5 Å². The number of rotatable bonds is 7. The highest BCUT2D eigenvalue weighted by molar-refractivity contribution is 5.95. The van der Waals surface area contributed by atoms with Crippen molar-refractivity contribution in [2.24, 2.45) is 5.92 Å². The Bertz CT molecular complexity index is 670. The van der Waals surface area contributed by atoms with Gasteiger partial charge in [-0.3, -0.25) is 9.59 Å². The first kappa shape index (κ1) is 21.5. The maximum Gasteiger partial charge on any atom is 0.254 e. The molecule has 1 aliphatic heterocycles. The van der Waals surface area contributed by atoms with Crippen LogP contribution in [-0.4, -0.2) is 62.0 Å². The van der Waals surface area contributed by atoms with Crippen LogP contribution in [0, 0.1) is 5.92 Å². The lowest BCUT2D eigenvalue weighted by Crippen LogP contribution is -2.50. The molecule has 3 rings (SSSR count). The molecule has 6 nitrogen and oxygen atoms in total. The summed E-state index contributed by atoms with van der Waals surface area (Å²) in [5.74, 6) is 2.20. The van der Waals surface area contributed by atoms with Crippen LogP contribution in [0.4, 0.5) is 0 Å². The Hall–Kier alpha value is -2.24. The predicted molar refractivity (Wildman–Crippen MR) is 112 cm³/mol. The molecule has 0 N–H and O–H groups in total. The maximum atomic E-state index is 12.9. The SMILES string of the molecule is COc1cc(OC)cc(C(=O)N2CCN(C(=O)CCCC3CCCCC3)CC2)c1. The second-order valence-corrected chi connectivity index (χ2v) is 8.17. The van der Waals surface area contributed by atoms with Gasteiger partial charge in [-0.2, -0.15) is 0 Å². The number of nitrogens with zero attached hydrogens (tertiary/aromatic N) is 2. The van der Waals surface area contributed by atoms with Crippen LogP contribution in [0.2, 0.25) is 0 Å². The van der Waals surface area contributed by atoms with Gasteiger partial charge in [-0.15, -0.1) is 0 Å². The highest BCUT2D eigenvalue weighted by Gasteiger charge is 2.25. The van der Waals surface area contributed by atoms with Gasteiger partial charge in [0.05, 0.1) is 14.2 Å². The molecule has 1 heterocycles. The molecule has 0 unspecified atom stereocenters. The summed E-state index contributed by atoms with van der Waals surface area (Å²) in [5, 5.41) is 0. The van der Waals surface area contributed by atoms with Gasteiger partial charge in [0.2, 0.25) is 5.91 Å². The molecule has 1 aromatic rings. The molecule has 0 aromatic heterocycles. The minimum atomic E-state index is -0.0494. The summed E-state index contributed by atoms with van der Waals surface area (Å²) in [6.07, 6.45) is 9.57. The fourth-order valence-corrected chi connectivity index (χ4v) is 4.45. The average Bonchev–Trinajstić information content (AvgIpc) is 2.78. The number of hydrogen-bond acceptors (Lipinski definition) is 4. The number of carbonyl (C=O) groups excluding carboxylic acids is 2. The van der Waals surface area contributed by atoms with Gasteiger partial charge in [0.1, 0.15) is 11.5 Å². The largest absolute Gasteiger partial charge is 0.497 e.